The van der Waals surface area contributed by atoms with Crippen molar-refractivity contribution in [2.45, 2.75) is 0 Å². The van der Waals surface area contributed by atoms with Gasteiger partial charge in [0.1, 0.15) is 0 Å². The van der Waals surface area contributed by atoms with Crippen molar-refractivity contribution >= 4 is 26.1 Å². The van der Waals surface area contributed by atoms with Crippen molar-refractivity contribution in [2.75, 3.05) is 0 Å². The maximum Gasteiger partial charge on any atom is 3.00 e. The van der Waals surface area contributed by atoms with E-state index in [1.54, 1.807) is 0 Å². The Bertz CT molecular complexity index is 49.7. The number of hydrogen-bond acceptors (Lipinski definition) is 6. The quantitative estimate of drug-likeness (QED) is 0.402. The van der Waals surface area contributed by atoms with E-state index in [2.05, 4.69) is 0 Å². The van der Waals surface area contributed by atoms with Gasteiger partial charge in [0.15, 0.2) is 0 Å². The number of hydrogen-bond donors (Lipinski definition) is 0. The first-order chi connectivity index (χ1) is 4.24. The van der Waals surface area contributed by atoms with Crippen molar-refractivity contribution in [3.8, 4) is 0 Å². The molecule has 0 N–H and O–H groups in total. The van der Waals surface area contributed by atoms with Crippen molar-refractivity contribution < 1.29 is 47.9 Å². The minimum Gasteiger partial charge on any atom is -0.772 e. The first-order valence-corrected chi connectivity index (χ1v) is 3.29. The summed E-state index contributed by atoms with van der Waals surface area (Å²) >= 11 is 0. The smallest absolute Gasteiger partial charge is 0.772 e. The molecule has 10 heavy (non-hydrogen) atoms. The predicted molar refractivity (Wildman–Crippen MR) is 22.8 cm³/mol. The molecule has 0 aromatic rings. The molecular formula is O6P3Rh. The summed E-state index contributed by atoms with van der Waals surface area (Å²) in [5, 5.41) is 0. The molecule has 10 heteroatoms. The van der Waals surface area contributed by atoms with Gasteiger partial charge >= 0.3 is 19.5 Å². The predicted octanol–water partition coefficient (Wildman–Crippen LogP) is -1.34. The Balaban J connectivity index is -0.0000000257. The van der Waals surface area contributed by atoms with Gasteiger partial charge in [0.05, 0.1) is 26.1 Å². The Morgan fingerprint density at radius 2 is 0.700 bits per heavy atom. The topological polar surface area (TPSA) is 120 Å². The van der Waals surface area contributed by atoms with Crippen LogP contribution in [0.2, 0.25) is 0 Å². The van der Waals surface area contributed by atoms with Gasteiger partial charge in [-0.3, -0.25) is 13.7 Å². The molecular weight excluding hydrogens is 292 g/mol. The normalized spacial score (nSPS) is 6.30. The van der Waals surface area contributed by atoms with Crippen molar-refractivity contribution in [3.05, 3.63) is 0 Å². The van der Waals surface area contributed by atoms with Gasteiger partial charge in [0, 0.05) is 0 Å². The molecule has 0 aliphatic carbocycles. The Morgan fingerprint density at radius 1 is 0.700 bits per heavy atom. The minimum atomic E-state index is -1.08. The van der Waals surface area contributed by atoms with Crippen LogP contribution in [0, 0.1) is 0 Å². The van der Waals surface area contributed by atoms with Gasteiger partial charge in [-0.05, 0) is 0 Å². The summed E-state index contributed by atoms with van der Waals surface area (Å²) in [4.78, 5) is 25.0. The second-order valence-corrected chi connectivity index (χ2v) is 0.671. The van der Waals surface area contributed by atoms with E-state index >= 15 is 0 Å². The molecule has 0 unspecified atom stereocenters. The van der Waals surface area contributed by atoms with Crippen LogP contribution in [0.1, 0.15) is 0 Å². The summed E-state index contributed by atoms with van der Waals surface area (Å²) in [5.74, 6) is 0. The van der Waals surface area contributed by atoms with Gasteiger partial charge in [-0.1, -0.05) is 0 Å². The maximum atomic E-state index is 8.35. The van der Waals surface area contributed by atoms with Crippen LogP contribution in [0.15, 0.2) is 0 Å². The first-order valence-electron chi connectivity index (χ1n) is 1.10. The van der Waals surface area contributed by atoms with Crippen LogP contribution in [0.4, 0.5) is 0 Å². The molecule has 0 saturated heterocycles. The molecule has 0 radical (unpaired) electrons. The molecule has 0 rings (SSSR count). The fraction of sp³-hybridized carbons (Fsp3) is 0. The molecule has 0 aliphatic heterocycles. The molecule has 0 fully saturated rings. The van der Waals surface area contributed by atoms with E-state index in [9.17, 15) is 0 Å². The van der Waals surface area contributed by atoms with Crippen molar-refractivity contribution in [1.29, 1.82) is 0 Å². The molecule has 0 aromatic heterocycles. The minimum absolute atomic E-state index is 0. The molecule has 6 nitrogen and oxygen atoms in total. The molecule has 0 aliphatic rings. The fourth-order valence-electron chi connectivity index (χ4n) is 0. The van der Waals surface area contributed by atoms with Crippen LogP contribution in [0.25, 0.3) is 0 Å². The third-order valence-corrected chi connectivity index (χ3v) is 0. The second-order valence-electron chi connectivity index (χ2n) is 0.224. The van der Waals surface area contributed by atoms with Gasteiger partial charge in [0.2, 0.25) is 0 Å². The van der Waals surface area contributed by atoms with E-state index in [4.69, 9.17) is 28.4 Å². The SMILES string of the molecule is O=P[O-].O=P[O-].O=P[O-].[Rh+3]. The van der Waals surface area contributed by atoms with E-state index < -0.39 is 26.1 Å². The van der Waals surface area contributed by atoms with Crippen LogP contribution in [-0.4, -0.2) is 0 Å². The average Bonchev–Trinajstić information content (AvgIpc) is 1.70. The number of rotatable bonds is 0. The Hall–Kier alpha value is 0.803. The Kier molecular flexibility index (Phi) is 118. The van der Waals surface area contributed by atoms with Crippen LogP contribution < -0.4 is 14.7 Å². The van der Waals surface area contributed by atoms with Gasteiger partial charge in [-0.2, -0.15) is 0 Å². The molecule has 0 spiro atoms. The Labute approximate surface area is 74.3 Å². The fourth-order valence-corrected chi connectivity index (χ4v) is 0. The third kappa shape index (κ3) is 831. The first kappa shape index (κ1) is 22.4. The summed E-state index contributed by atoms with van der Waals surface area (Å²) < 4.78 is 25.0. The molecule has 0 heterocycles. The van der Waals surface area contributed by atoms with Gasteiger partial charge in [-0.25, -0.2) is 0 Å². The van der Waals surface area contributed by atoms with Gasteiger partial charge in [0.25, 0.3) is 0 Å². The van der Waals surface area contributed by atoms with E-state index in [-0.39, 0.29) is 19.5 Å². The van der Waals surface area contributed by atoms with Gasteiger partial charge < -0.3 is 14.7 Å². The van der Waals surface area contributed by atoms with Crippen LogP contribution in [0.3, 0.4) is 0 Å². The summed E-state index contributed by atoms with van der Waals surface area (Å²) in [5.41, 5.74) is 0. The zero-order valence-electron chi connectivity index (χ0n) is 4.12. The van der Waals surface area contributed by atoms with Crippen LogP contribution >= 0.6 is 26.1 Å². The summed E-state index contributed by atoms with van der Waals surface area (Å²) in [6.45, 7) is 0. The van der Waals surface area contributed by atoms with E-state index in [1.165, 1.54) is 0 Å². The Morgan fingerprint density at radius 3 is 0.700 bits per heavy atom. The molecule has 0 amide bonds. The zero-order chi connectivity index (χ0) is 8.12. The molecule has 0 bridgehead atoms. The zero-order valence-corrected chi connectivity index (χ0v) is 8.45. The molecule has 0 saturated carbocycles. The molecule has 0 aromatic carbocycles. The average molecular weight is 292 g/mol. The summed E-state index contributed by atoms with van der Waals surface area (Å²) in [7, 11) is -3.25. The van der Waals surface area contributed by atoms with Gasteiger partial charge in [-0.15, -0.1) is 0 Å². The van der Waals surface area contributed by atoms with Crippen molar-refractivity contribution in [3.63, 3.8) is 0 Å². The third-order valence-electron chi connectivity index (χ3n) is 0. The standard InChI is InChI=1S/3HO2P.Rh/c3*1-3-2;/h3*(H,1,2);/q;;;+3/p-3. The second kappa shape index (κ2) is 52.5. The van der Waals surface area contributed by atoms with Crippen LogP contribution in [0.5, 0.6) is 0 Å². The van der Waals surface area contributed by atoms with E-state index in [0.717, 1.165) is 0 Å². The van der Waals surface area contributed by atoms with Crippen molar-refractivity contribution in [2.24, 2.45) is 0 Å². The maximum absolute atomic E-state index is 8.35. The van der Waals surface area contributed by atoms with E-state index in [1.807, 2.05) is 0 Å². The molecule has 0 atom stereocenters. The summed E-state index contributed by atoms with van der Waals surface area (Å²) in [6, 6.07) is 0. The molecule has 60 valence electrons. The van der Waals surface area contributed by atoms with E-state index in [0.29, 0.717) is 0 Å². The van der Waals surface area contributed by atoms with Crippen molar-refractivity contribution in [1.82, 2.24) is 0 Å². The summed E-state index contributed by atoms with van der Waals surface area (Å²) in [6.07, 6.45) is 0. The largest absolute Gasteiger partial charge is 3.00 e. The van der Waals surface area contributed by atoms with Crippen LogP contribution in [-0.2, 0) is 33.2 Å². The monoisotopic (exact) mass is 292 g/mol.